The molecule has 0 amide bonds. The molecule has 1 heterocycles. The van der Waals surface area contributed by atoms with Gasteiger partial charge >= 0.3 is 7.82 Å². The van der Waals surface area contributed by atoms with E-state index in [9.17, 15) is 9.46 Å². The maximum Gasteiger partial charge on any atom is 0.472 e. The van der Waals surface area contributed by atoms with Gasteiger partial charge in [0.1, 0.15) is 0 Å². The number of phosphoric acid groups is 1. The van der Waals surface area contributed by atoms with Gasteiger partial charge in [-0.05, 0) is 26.3 Å². The minimum atomic E-state index is -3.89. The van der Waals surface area contributed by atoms with Gasteiger partial charge in [0, 0.05) is 13.1 Å². The highest BCUT2D eigenvalue weighted by atomic mass is 31.2. The molecule has 1 atom stereocenters. The lowest BCUT2D eigenvalue weighted by Gasteiger charge is -2.29. The summed E-state index contributed by atoms with van der Waals surface area (Å²) in [5.74, 6) is 0. The summed E-state index contributed by atoms with van der Waals surface area (Å²) in [5.41, 5.74) is 0. The van der Waals surface area contributed by atoms with Gasteiger partial charge in [-0.25, -0.2) is 4.57 Å². The highest BCUT2D eigenvalue weighted by Gasteiger charge is 2.28. The van der Waals surface area contributed by atoms with Crippen molar-refractivity contribution in [1.29, 1.82) is 0 Å². The summed E-state index contributed by atoms with van der Waals surface area (Å²) < 4.78 is 22.4. The van der Waals surface area contributed by atoms with Crippen LogP contribution in [0.15, 0.2) is 0 Å². The lowest BCUT2D eigenvalue weighted by Crippen LogP contribution is -2.33. The molecule has 0 aliphatic carbocycles. The lowest BCUT2D eigenvalue weighted by atomic mass is 10.0. The van der Waals surface area contributed by atoms with E-state index < -0.39 is 7.82 Å². The number of hydrogen-bond donors (Lipinski definition) is 1. The van der Waals surface area contributed by atoms with E-state index in [-0.39, 0.29) is 6.10 Å². The Morgan fingerprint density at radius 2 is 1.25 bits per heavy atom. The number of unbranched alkanes of at least 4 members (excludes halogenated alkanes) is 13. The normalized spacial score (nSPS) is 18.4. The maximum absolute atomic E-state index is 12.0. The maximum atomic E-state index is 12.0. The molecule has 0 spiro atoms. The quantitative estimate of drug-likeness (QED) is 0.198. The van der Waals surface area contributed by atoms with E-state index in [4.69, 9.17) is 9.05 Å². The predicted molar refractivity (Wildman–Crippen MR) is 118 cm³/mol. The largest absolute Gasteiger partial charge is 0.472 e. The van der Waals surface area contributed by atoms with Gasteiger partial charge in [0.2, 0.25) is 0 Å². The first-order valence-electron chi connectivity index (χ1n) is 11.9. The van der Waals surface area contributed by atoms with Gasteiger partial charge in [0.25, 0.3) is 0 Å². The van der Waals surface area contributed by atoms with Gasteiger partial charge in [-0.1, -0.05) is 90.4 Å². The van der Waals surface area contributed by atoms with Gasteiger partial charge in [-0.15, -0.1) is 0 Å². The molecule has 6 heteroatoms. The molecule has 168 valence electrons. The van der Waals surface area contributed by atoms with Gasteiger partial charge in [0.05, 0.1) is 12.7 Å². The molecular formula is C22H46NO4P. The third-order valence-corrected chi connectivity index (χ3v) is 6.77. The fourth-order valence-corrected chi connectivity index (χ4v) is 4.79. The smallest absolute Gasteiger partial charge is 0.306 e. The van der Waals surface area contributed by atoms with Crippen LogP contribution in [0.25, 0.3) is 0 Å². The summed E-state index contributed by atoms with van der Waals surface area (Å²) in [6, 6.07) is 0. The van der Waals surface area contributed by atoms with Crippen molar-refractivity contribution in [2.24, 2.45) is 0 Å². The van der Waals surface area contributed by atoms with Crippen LogP contribution in [0, 0.1) is 0 Å². The van der Waals surface area contributed by atoms with Crippen LogP contribution in [0.5, 0.6) is 0 Å². The Morgan fingerprint density at radius 1 is 0.821 bits per heavy atom. The van der Waals surface area contributed by atoms with Crippen LogP contribution in [-0.4, -0.2) is 42.6 Å². The first-order valence-corrected chi connectivity index (χ1v) is 13.4. The molecule has 1 aliphatic heterocycles. The molecule has 0 aromatic heterocycles. The van der Waals surface area contributed by atoms with Gasteiger partial charge in [0.15, 0.2) is 0 Å². The van der Waals surface area contributed by atoms with Crippen molar-refractivity contribution in [1.82, 2.24) is 4.90 Å². The van der Waals surface area contributed by atoms with Crippen LogP contribution in [-0.2, 0) is 13.6 Å². The minimum Gasteiger partial charge on any atom is -0.306 e. The van der Waals surface area contributed by atoms with Crippen molar-refractivity contribution in [3.05, 3.63) is 0 Å². The van der Waals surface area contributed by atoms with Crippen LogP contribution >= 0.6 is 7.82 Å². The third-order valence-electron chi connectivity index (χ3n) is 5.70. The molecule has 1 N–H and O–H groups in total. The molecule has 0 saturated carbocycles. The Kier molecular flexibility index (Phi) is 15.7. The Labute approximate surface area is 174 Å². The van der Waals surface area contributed by atoms with Crippen molar-refractivity contribution in [2.45, 2.75) is 116 Å². The second kappa shape index (κ2) is 16.8. The molecular weight excluding hydrogens is 373 g/mol. The van der Waals surface area contributed by atoms with Crippen LogP contribution < -0.4 is 0 Å². The fraction of sp³-hybridized carbons (Fsp3) is 1.00. The Morgan fingerprint density at radius 3 is 1.71 bits per heavy atom. The number of piperidine rings is 1. The number of phosphoric ester groups is 1. The van der Waals surface area contributed by atoms with Crippen LogP contribution in [0.1, 0.15) is 110 Å². The predicted octanol–water partition coefficient (Wildman–Crippen LogP) is 6.70. The molecule has 1 fully saturated rings. The second-order valence-corrected chi connectivity index (χ2v) is 9.91. The second-order valence-electron chi connectivity index (χ2n) is 8.51. The molecule has 1 aliphatic rings. The van der Waals surface area contributed by atoms with E-state index in [0.29, 0.717) is 6.61 Å². The van der Waals surface area contributed by atoms with Gasteiger partial charge in [-0.2, -0.15) is 0 Å². The van der Waals surface area contributed by atoms with Crippen LogP contribution in [0.2, 0.25) is 0 Å². The third kappa shape index (κ3) is 15.0. The summed E-state index contributed by atoms with van der Waals surface area (Å²) in [4.78, 5) is 12.0. The Balaban J connectivity index is 1.84. The summed E-state index contributed by atoms with van der Waals surface area (Å²) in [6.07, 6.45) is 19.6. The summed E-state index contributed by atoms with van der Waals surface area (Å²) in [7, 11) is -1.83. The zero-order chi connectivity index (χ0) is 20.5. The van der Waals surface area contributed by atoms with Crippen molar-refractivity contribution in [3.63, 3.8) is 0 Å². The van der Waals surface area contributed by atoms with E-state index >= 15 is 0 Å². The van der Waals surface area contributed by atoms with E-state index in [2.05, 4.69) is 18.9 Å². The minimum absolute atomic E-state index is 0.150. The first kappa shape index (κ1) is 26.1. The Hall–Kier alpha value is 0.0700. The monoisotopic (exact) mass is 419 g/mol. The average molecular weight is 420 g/mol. The summed E-state index contributed by atoms with van der Waals surface area (Å²) >= 11 is 0. The molecule has 1 saturated heterocycles. The van der Waals surface area contributed by atoms with Gasteiger partial charge in [-0.3, -0.25) is 9.05 Å². The zero-order valence-electron chi connectivity index (χ0n) is 18.6. The van der Waals surface area contributed by atoms with E-state index in [1.54, 1.807) is 0 Å². The number of likely N-dealkylation sites (tertiary alicyclic amines) is 1. The zero-order valence-corrected chi connectivity index (χ0v) is 19.5. The van der Waals surface area contributed by atoms with Crippen LogP contribution in [0.4, 0.5) is 0 Å². The Bertz CT molecular complexity index is 400. The molecule has 0 aromatic carbocycles. The molecule has 28 heavy (non-hydrogen) atoms. The van der Waals surface area contributed by atoms with Crippen molar-refractivity contribution >= 4 is 7.82 Å². The number of rotatable bonds is 18. The number of nitrogens with zero attached hydrogens (tertiary/aromatic N) is 1. The van der Waals surface area contributed by atoms with E-state index in [1.165, 1.54) is 77.0 Å². The fourth-order valence-electron chi connectivity index (χ4n) is 3.79. The molecule has 1 unspecified atom stereocenters. The average Bonchev–Trinajstić information content (AvgIpc) is 2.66. The lowest BCUT2D eigenvalue weighted by molar-refractivity contribution is 0.0638. The molecule has 0 aromatic rings. The highest BCUT2D eigenvalue weighted by molar-refractivity contribution is 7.47. The molecule has 5 nitrogen and oxygen atoms in total. The number of hydrogen-bond acceptors (Lipinski definition) is 4. The van der Waals surface area contributed by atoms with E-state index in [0.717, 1.165) is 38.8 Å². The topological polar surface area (TPSA) is 59.0 Å². The molecule has 0 radical (unpaired) electrons. The van der Waals surface area contributed by atoms with Crippen molar-refractivity contribution in [3.8, 4) is 0 Å². The molecule has 1 rings (SSSR count). The van der Waals surface area contributed by atoms with Crippen LogP contribution in [0.3, 0.4) is 0 Å². The van der Waals surface area contributed by atoms with Crippen molar-refractivity contribution < 1.29 is 18.5 Å². The summed E-state index contributed by atoms with van der Waals surface area (Å²) in [5, 5.41) is 0. The van der Waals surface area contributed by atoms with Crippen molar-refractivity contribution in [2.75, 3.05) is 26.7 Å². The van der Waals surface area contributed by atoms with E-state index in [1.807, 2.05) is 0 Å². The SMILES string of the molecule is CCCCCCCCCCCCCCCCOP(=O)(O)OC1CCN(C)CC1. The highest BCUT2D eigenvalue weighted by Crippen LogP contribution is 2.46. The summed E-state index contributed by atoms with van der Waals surface area (Å²) in [6.45, 7) is 4.40. The van der Waals surface area contributed by atoms with Gasteiger partial charge < -0.3 is 9.79 Å². The molecule has 0 bridgehead atoms. The first-order chi connectivity index (χ1) is 13.5. The standard InChI is InChI=1S/C22H46NO4P/c1-3-4-5-6-7-8-9-10-11-12-13-14-15-16-21-26-28(24,25)27-22-17-19-23(2)20-18-22/h22H,3-21H2,1-2H3,(H,24,25).